The number of anilines is 2. The molecule has 0 saturated carbocycles. The fourth-order valence-corrected chi connectivity index (χ4v) is 3.12. The summed E-state index contributed by atoms with van der Waals surface area (Å²) in [4.78, 5) is 7.06. The minimum absolute atomic E-state index is 0.740. The molecule has 1 N–H and O–H groups in total. The number of nitrogens with one attached hydrogen (secondary N) is 1. The van der Waals surface area contributed by atoms with Crippen LogP contribution in [0, 0.1) is 0 Å². The highest BCUT2D eigenvalue weighted by molar-refractivity contribution is 5.78. The van der Waals surface area contributed by atoms with E-state index in [4.69, 9.17) is 4.98 Å². The first-order valence-electron chi connectivity index (χ1n) is 8.90. The number of benzene rings is 2. The van der Waals surface area contributed by atoms with Crippen molar-refractivity contribution in [2.75, 3.05) is 23.3 Å². The molecule has 0 atom stereocenters. The van der Waals surface area contributed by atoms with Crippen LogP contribution in [-0.2, 0) is 13.1 Å². The third-order valence-corrected chi connectivity index (χ3v) is 4.48. The van der Waals surface area contributed by atoms with Crippen LogP contribution >= 0.6 is 0 Å². The van der Waals surface area contributed by atoms with E-state index in [1.54, 1.807) is 0 Å². The number of hydrogen-bond acceptors (Lipinski definition) is 3. The van der Waals surface area contributed by atoms with Gasteiger partial charge in [0.15, 0.2) is 0 Å². The molecule has 3 aromatic rings. The second-order valence-corrected chi connectivity index (χ2v) is 6.02. The van der Waals surface area contributed by atoms with Crippen LogP contribution in [0.25, 0.3) is 11.0 Å². The maximum Gasteiger partial charge on any atom is 0.204 e. The zero-order valence-corrected chi connectivity index (χ0v) is 15.1. The third-order valence-electron chi connectivity index (χ3n) is 4.48. The lowest BCUT2D eigenvalue weighted by molar-refractivity contribution is 0.846. The molecule has 3 rings (SSSR count). The molecule has 0 spiro atoms. The Labute approximate surface area is 149 Å². The number of imidazole rings is 1. The van der Waals surface area contributed by atoms with Crippen molar-refractivity contribution in [2.45, 2.75) is 26.9 Å². The first-order chi connectivity index (χ1) is 12.3. The van der Waals surface area contributed by atoms with Crippen molar-refractivity contribution in [2.24, 2.45) is 0 Å². The number of hydrogen-bond donors (Lipinski definition) is 1. The molecule has 0 fully saturated rings. The van der Waals surface area contributed by atoms with E-state index < -0.39 is 0 Å². The van der Waals surface area contributed by atoms with Crippen LogP contribution in [0.4, 0.5) is 11.6 Å². The third kappa shape index (κ3) is 3.68. The number of aromatic nitrogens is 2. The SMILES string of the molecule is C=CCn1c(NCc2ccc(N(CC)CC)cc2)nc2ccccc21. The highest BCUT2D eigenvalue weighted by atomic mass is 15.2. The Morgan fingerprint density at radius 2 is 1.80 bits per heavy atom. The Balaban J connectivity index is 1.76. The summed E-state index contributed by atoms with van der Waals surface area (Å²) in [6.07, 6.45) is 1.90. The van der Waals surface area contributed by atoms with Crippen LogP contribution in [0.15, 0.2) is 61.2 Å². The minimum Gasteiger partial charge on any atom is -0.372 e. The lowest BCUT2D eigenvalue weighted by Gasteiger charge is -2.21. The molecule has 1 aromatic heterocycles. The lowest BCUT2D eigenvalue weighted by atomic mass is 10.2. The molecule has 0 aliphatic heterocycles. The van der Waals surface area contributed by atoms with Gasteiger partial charge in [-0.1, -0.05) is 30.3 Å². The van der Waals surface area contributed by atoms with Gasteiger partial charge in [0.25, 0.3) is 0 Å². The van der Waals surface area contributed by atoms with Gasteiger partial charge in [0.1, 0.15) is 0 Å². The number of nitrogens with zero attached hydrogens (tertiary/aromatic N) is 3. The summed E-state index contributed by atoms with van der Waals surface area (Å²) in [5.41, 5.74) is 4.64. The van der Waals surface area contributed by atoms with Crippen LogP contribution in [-0.4, -0.2) is 22.6 Å². The lowest BCUT2D eigenvalue weighted by Crippen LogP contribution is -2.21. The quantitative estimate of drug-likeness (QED) is 0.607. The van der Waals surface area contributed by atoms with Crippen LogP contribution in [0.2, 0.25) is 0 Å². The van der Waals surface area contributed by atoms with Crippen LogP contribution in [0.3, 0.4) is 0 Å². The van der Waals surface area contributed by atoms with E-state index in [1.165, 1.54) is 11.3 Å². The number of fused-ring (bicyclic) bond motifs is 1. The average molecular weight is 334 g/mol. The summed E-state index contributed by atoms with van der Waals surface area (Å²) in [6, 6.07) is 16.9. The minimum atomic E-state index is 0.740. The van der Waals surface area contributed by atoms with Gasteiger partial charge in [-0.25, -0.2) is 4.98 Å². The molecule has 4 nitrogen and oxygen atoms in total. The van der Waals surface area contributed by atoms with Crippen LogP contribution < -0.4 is 10.2 Å². The molecule has 130 valence electrons. The zero-order chi connectivity index (χ0) is 17.6. The molecule has 0 bridgehead atoms. The number of rotatable bonds is 8. The van der Waals surface area contributed by atoms with Gasteiger partial charge in [-0.05, 0) is 43.7 Å². The van der Waals surface area contributed by atoms with Crippen molar-refractivity contribution in [3.05, 3.63) is 66.7 Å². The maximum atomic E-state index is 4.71. The predicted molar refractivity (Wildman–Crippen MR) is 107 cm³/mol. The van der Waals surface area contributed by atoms with Crippen molar-refractivity contribution >= 4 is 22.7 Å². The van der Waals surface area contributed by atoms with Gasteiger partial charge in [-0.2, -0.15) is 0 Å². The first kappa shape index (κ1) is 17.1. The van der Waals surface area contributed by atoms with Gasteiger partial charge in [0, 0.05) is 31.9 Å². The maximum absolute atomic E-state index is 4.71. The molecule has 0 saturated heterocycles. The predicted octanol–water partition coefficient (Wildman–Crippen LogP) is 4.68. The van der Waals surface area contributed by atoms with Crippen molar-refractivity contribution in [3.63, 3.8) is 0 Å². The van der Waals surface area contributed by atoms with E-state index in [2.05, 4.69) is 65.5 Å². The van der Waals surface area contributed by atoms with E-state index >= 15 is 0 Å². The molecule has 0 amide bonds. The van der Waals surface area contributed by atoms with Gasteiger partial charge >= 0.3 is 0 Å². The summed E-state index contributed by atoms with van der Waals surface area (Å²) in [7, 11) is 0. The largest absolute Gasteiger partial charge is 0.372 e. The summed E-state index contributed by atoms with van der Waals surface area (Å²) >= 11 is 0. The Kier molecular flexibility index (Phi) is 5.39. The normalized spacial score (nSPS) is 10.8. The van der Waals surface area contributed by atoms with Gasteiger partial charge in [0.05, 0.1) is 11.0 Å². The van der Waals surface area contributed by atoms with Gasteiger partial charge in [-0.15, -0.1) is 6.58 Å². The Hall–Kier alpha value is -2.75. The topological polar surface area (TPSA) is 33.1 Å². The summed E-state index contributed by atoms with van der Waals surface area (Å²) < 4.78 is 2.16. The van der Waals surface area contributed by atoms with Crippen molar-refractivity contribution in [3.8, 4) is 0 Å². The van der Waals surface area contributed by atoms with E-state index in [0.717, 1.165) is 43.2 Å². The molecular formula is C21H26N4. The zero-order valence-electron chi connectivity index (χ0n) is 15.1. The van der Waals surface area contributed by atoms with Gasteiger partial charge in [0.2, 0.25) is 5.95 Å². The molecule has 2 aromatic carbocycles. The van der Waals surface area contributed by atoms with Crippen molar-refractivity contribution in [1.82, 2.24) is 9.55 Å². The molecule has 25 heavy (non-hydrogen) atoms. The van der Waals surface area contributed by atoms with Crippen molar-refractivity contribution in [1.29, 1.82) is 0 Å². The number of allylic oxidation sites excluding steroid dienone is 1. The average Bonchev–Trinajstić information content (AvgIpc) is 3.00. The van der Waals surface area contributed by atoms with Gasteiger partial charge < -0.3 is 14.8 Å². The Bertz CT molecular complexity index is 829. The molecular weight excluding hydrogens is 308 g/mol. The summed E-state index contributed by atoms with van der Waals surface area (Å²) in [5, 5.41) is 3.47. The smallest absolute Gasteiger partial charge is 0.204 e. The molecule has 0 radical (unpaired) electrons. The summed E-state index contributed by atoms with van der Waals surface area (Å²) in [6.45, 7) is 11.8. The fraction of sp³-hybridized carbons (Fsp3) is 0.286. The fourth-order valence-electron chi connectivity index (χ4n) is 3.12. The molecule has 0 aliphatic rings. The molecule has 0 aliphatic carbocycles. The molecule has 1 heterocycles. The van der Waals surface area contributed by atoms with E-state index in [9.17, 15) is 0 Å². The van der Waals surface area contributed by atoms with Crippen molar-refractivity contribution < 1.29 is 0 Å². The highest BCUT2D eigenvalue weighted by Gasteiger charge is 2.09. The summed E-state index contributed by atoms with van der Waals surface area (Å²) in [5.74, 6) is 0.883. The second kappa shape index (κ2) is 7.88. The standard InChI is InChI=1S/C21H26N4/c1-4-15-25-20-10-8-7-9-19(20)23-21(25)22-16-17-11-13-18(14-12-17)24(5-2)6-3/h4,7-14H,1,5-6,15-16H2,2-3H3,(H,22,23). The first-order valence-corrected chi connectivity index (χ1v) is 8.90. The monoisotopic (exact) mass is 334 g/mol. The van der Waals surface area contributed by atoms with Gasteiger partial charge in [-0.3, -0.25) is 0 Å². The van der Waals surface area contributed by atoms with E-state index in [-0.39, 0.29) is 0 Å². The van der Waals surface area contributed by atoms with E-state index in [0.29, 0.717) is 0 Å². The second-order valence-electron chi connectivity index (χ2n) is 6.02. The highest BCUT2D eigenvalue weighted by Crippen LogP contribution is 2.21. The molecule has 4 heteroatoms. The van der Waals surface area contributed by atoms with Crippen LogP contribution in [0.1, 0.15) is 19.4 Å². The Morgan fingerprint density at radius 1 is 1.08 bits per heavy atom. The van der Waals surface area contributed by atoms with E-state index in [1.807, 2.05) is 24.3 Å². The number of para-hydroxylation sites is 2. The molecule has 0 unspecified atom stereocenters. The van der Waals surface area contributed by atoms with Crippen LogP contribution in [0.5, 0.6) is 0 Å². The Morgan fingerprint density at radius 3 is 2.48 bits per heavy atom.